The number of hydrogen-bond acceptors (Lipinski definition) is 9. The highest BCUT2D eigenvalue weighted by molar-refractivity contribution is 7.89. The first-order chi connectivity index (χ1) is 17.8. The summed E-state index contributed by atoms with van der Waals surface area (Å²) < 4.78 is 57.1. The Hall–Kier alpha value is -3.20. The summed E-state index contributed by atoms with van der Waals surface area (Å²) in [5, 5.41) is 12.5. The molecule has 5 rings (SSSR count). The van der Waals surface area contributed by atoms with Crippen molar-refractivity contribution < 1.29 is 37.0 Å². The van der Waals surface area contributed by atoms with Gasteiger partial charge in [-0.2, -0.15) is 0 Å². The molecular weight excluding hydrogens is 525 g/mol. The molecule has 3 aromatic rings. The van der Waals surface area contributed by atoms with E-state index in [1.165, 1.54) is 59.3 Å². The number of benzene rings is 2. The van der Waals surface area contributed by atoms with Crippen molar-refractivity contribution in [3.8, 4) is 5.75 Å². The van der Waals surface area contributed by atoms with Crippen molar-refractivity contribution >= 4 is 27.3 Å². The van der Waals surface area contributed by atoms with Crippen molar-refractivity contribution in [2.45, 2.75) is 36.7 Å². The normalized spacial score (nSPS) is 19.1. The molecule has 1 aromatic heterocycles. The number of nitrogens with zero attached hydrogens (tertiary/aromatic N) is 3. The summed E-state index contributed by atoms with van der Waals surface area (Å²) in [6, 6.07) is 11.3. The molecule has 1 fully saturated rings. The first-order valence-corrected chi connectivity index (χ1v) is 13.5. The van der Waals surface area contributed by atoms with Crippen LogP contribution in [0.4, 0.5) is 4.39 Å². The second-order valence-corrected chi connectivity index (χ2v) is 10.9. The Morgan fingerprint density at radius 1 is 1.16 bits per heavy atom. The van der Waals surface area contributed by atoms with Crippen LogP contribution in [0.5, 0.6) is 5.75 Å². The lowest BCUT2D eigenvalue weighted by atomic mass is 10.2. The highest BCUT2D eigenvalue weighted by atomic mass is 32.2. The first kappa shape index (κ1) is 25.4. The van der Waals surface area contributed by atoms with Crippen LogP contribution in [-0.2, 0) is 37.4 Å². The number of aromatic nitrogens is 1. The molecule has 1 saturated heterocycles. The average molecular weight is 548 g/mol. The van der Waals surface area contributed by atoms with Gasteiger partial charge in [-0.15, -0.1) is 16.5 Å². The molecule has 2 aromatic carbocycles. The van der Waals surface area contributed by atoms with Gasteiger partial charge in [-0.05, 0) is 48.0 Å². The molecule has 0 spiro atoms. The number of hydroxylamine groups is 1. The van der Waals surface area contributed by atoms with E-state index in [-0.39, 0.29) is 53.9 Å². The van der Waals surface area contributed by atoms with Crippen molar-refractivity contribution in [3.63, 3.8) is 0 Å². The van der Waals surface area contributed by atoms with Crippen molar-refractivity contribution in [1.82, 2.24) is 14.6 Å². The number of ether oxygens (including phenoxy) is 3. The lowest BCUT2D eigenvalue weighted by Crippen LogP contribution is -2.47. The van der Waals surface area contributed by atoms with Crippen LogP contribution in [0.25, 0.3) is 0 Å². The molecule has 10 nitrogen and oxygen atoms in total. The number of carbonyl (C=O) groups excluding carboxylic acids is 1. The fourth-order valence-corrected chi connectivity index (χ4v) is 5.75. The van der Waals surface area contributed by atoms with E-state index in [4.69, 9.17) is 14.2 Å². The Morgan fingerprint density at radius 3 is 2.59 bits per heavy atom. The van der Waals surface area contributed by atoms with Gasteiger partial charge in [0, 0.05) is 17.4 Å². The minimum atomic E-state index is -4.39. The van der Waals surface area contributed by atoms with Crippen LogP contribution in [0.1, 0.15) is 17.7 Å². The van der Waals surface area contributed by atoms with Gasteiger partial charge in [0.2, 0.25) is 0 Å². The maximum atomic E-state index is 13.5. The van der Waals surface area contributed by atoms with Gasteiger partial charge in [0.1, 0.15) is 31.1 Å². The Bertz CT molecular complexity index is 1380. The highest BCUT2D eigenvalue weighted by Gasteiger charge is 2.40. The molecule has 0 bridgehead atoms. The van der Waals surface area contributed by atoms with Crippen LogP contribution in [0.3, 0.4) is 0 Å². The lowest BCUT2D eigenvalue weighted by Gasteiger charge is -2.28. The van der Waals surface area contributed by atoms with Crippen molar-refractivity contribution in [2.24, 2.45) is 0 Å². The van der Waals surface area contributed by atoms with E-state index in [2.05, 4.69) is 4.98 Å². The maximum Gasteiger partial charge on any atom is 0.289 e. The van der Waals surface area contributed by atoms with E-state index in [0.29, 0.717) is 15.9 Å². The largest absolute Gasteiger partial charge is 0.489 e. The second-order valence-electron chi connectivity index (χ2n) is 8.30. The summed E-state index contributed by atoms with van der Waals surface area (Å²) in [4.78, 5) is 17.0. The fourth-order valence-electron chi connectivity index (χ4n) is 3.89. The molecule has 2 atom stereocenters. The second kappa shape index (κ2) is 10.7. The van der Waals surface area contributed by atoms with Crippen LogP contribution >= 0.6 is 11.3 Å². The molecule has 2 unspecified atom stereocenters. The number of hydrazine groups is 1. The van der Waals surface area contributed by atoms with Crippen LogP contribution in [0.2, 0.25) is 0 Å². The maximum absolute atomic E-state index is 13.5. The smallest absolute Gasteiger partial charge is 0.289 e. The average Bonchev–Trinajstić information content (AvgIpc) is 3.65. The Balaban J connectivity index is 1.34. The minimum absolute atomic E-state index is 0.0977. The zero-order valence-electron chi connectivity index (χ0n) is 19.3. The number of halogens is 1. The van der Waals surface area contributed by atoms with Gasteiger partial charge in [0.15, 0.2) is 0 Å². The van der Waals surface area contributed by atoms with Gasteiger partial charge in [0.05, 0.1) is 28.7 Å². The zero-order valence-corrected chi connectivity index (χ0v) is 20.9. The van der Waals surface area contributed by atoms with Crippen molar-refractivity contribution in [3.05, 3.63) is 88.1 Å². The molecule has 1 amide bonds. The van der Waals surface area contributed by atoms with Gasteiger partial charge < -0.3 is 14.2 Å². The quantitative estimate of drug-likeness (QED) is 0.320. The standard InChI is InChI=1S/C24H22FN3O7S2/c25-18-3-1-16(2-4-18)12-33-20-5-7-21(8-6-20)37(31,32)27(11-19-13-36-14-26-19)28(30)24(29)17-9-22-23(10-17)35-15-34-22/h1-9,13-14,22-23,30H,10-12,15H2. The van der Waals surface area contributed by atoms with Crippen LogP contribution < -0.4 is 4.74 Å². The third-order valence-corrected chi connectivity index (χ3v) is 8.20. The van der Waals surface area contributed by atoms with Gasteiger partial charge in [0.25, 0.3) is 15.9 Å². The highest BCUT2D eigenvalue weighted by Crippen LogP contribution is 2.31. The fraction of sp³-hybridized carbons (Fsp3) is 0.250. The SMILES string of the molecule is O=C(C1=CC2OCOC2C1)N(O)N(Cc1cscn1)S(=O)(=O)c1ccc(OCc2ccc(F)cc2)cc1. The monoisotopic (exact) mass is 547 g/mol. The molecule has 2 heterocycles. The van der Waals surface area contributed by atoms with E-state index in [1.54, 1.807) is 17.5 Å². The first-order valence-electron chi connectivity index (χ1n) is 11.2. The third-order valence-electron chi connectivity index (χ3n) is 5.86. The van der Waals surface area contributed by atoms with E-state index < -0.39 is 22.0 Å². The van der Waals surface area contributed by atoms with E-state index in [1.807, 2.05) is 0 Å². The summed E-state index contributed by atoms with van der Waals surface area (Å²) in [5.74, 6) is -0.876. The van der Waals surface area contributed by atoms with Gasteiger partial charge in [-0.25, -0.2) is 17.8 Å². The molecule has 194 valence electrons. The summed E-state index contributed by atoms with van der Waals surface area (Å²) >= 11 is 1.25. The summed E-state index contributed by atoms with van der Waals surface area (Å²) in [6.45, 7) is -0.0973. The summed E-state index contributed by atoms with van der Waals surface area (Å²) in [5.41, 5.74) is 2.79. The molecule has 0 saturated carbocycles. The van der Waals surface area contributed by atoms with E-state index in [9.17, 15) is 22.8 Å². The molecule has 13 heteroatoms. The Labute approximate surface area is 216 Å². The molecule has 1 N–H and O–H groups in total. The predicted octanol–water partition coefficient (Wildman–Crippen LogP) is 3.26. The van der Waals surface area contributed by atoms with Crippen molar-refractivity contribution in [2.75, 3.05) is 6.79 Å². The lowest BCUT2D eigenvalue weighted by molar-refractivity contribution is -0.209. The predicted molar refractivity (Wildman–Crippen MR) is 128 cm³/mol. The summed E-state index contributed by atoms with van der Waals surface area (Å²) in [7, 11) is -4.39. The van der Waals surface area contributed by atoms with Crippen LogP contribution in [-0.4, -0.2) is 53.1 Å². The number of carbonyl (C=O) groups is 1. The molecular formula is C24H22FN3O7S2. The van der Waals surface area contributed by atoms with E-state index >= 15 is 0 Å². The van der Waals surface area contributed by atoms with Gasteiger partial charge in [-0.1, -0.05) is 16.5 Å². The number of hydrogen-bond donors (Lipinski definition) is 1. The van der Waals surface area contributed by atoms with Crippen LogP contribution in [0, 0.1) is 5.82 Å². The number of thiazole rings is 1. The summed E-state index contributed by atoms with van der Waals surface area (Å²) in [6.07, 6.45) is 0.951. The van der Waals surface area contributed by atoms with E-state index in [0.717, 1.165) is 5.56 Å². The van der Waals surface area contributed by atoms with Crippen LogP contribution in [0.15, 0.2) is 76.0 Å². The van der Waals surface area contributed by atoms with Crippen molar-refractivity contribution in [1.29, 1.82) is 0 Å². The molecule has 37 heavy (non-hydrogen) atoms. The van der Waals surface area contributed by atoms with Gasteiger partial charge >= 0.3 is 0 Å². The third kappa shape index (κ3) is 5.56. The minimum Gasteiger partial charge on any atom is -0.489 e. The number of fused-ring (bicyclic) bond motifs is 1. The molecule has 0 radical (unpaired) electrons. The number of amides is 1. The molecule has 2 aliphatic rings. The topological polar surface area (TPSA) is 118 Å². The number of rotatable bonds is 9. The molecule has 1 aliphatic carbocycles. The number of sulfonamides is 1. The zero-order chi connectivity index (χ0) is 26.0. The van der Waals surface area contributed by atoms with Gasteiger partial charge in [-0.3, -0.25) is 10.0 Å². The molecule has 1 aliphatic heterocycles. The Morgan fingerprint density at radius 2 is 1.92 bits per heavy atom. The Kier molecular flexibility index (Phi) is 7.33.